The fraction of sp³-hybridized carbons (Fsp3) is 1.00. The smallest absolute Gasteiger partial charge is 0.225 e. The molecule has 0 radical (unpaired) electrons. The van der Waals surface area contributed by atoms with Crippen molar-refractivity contribution in [1.82, 2.24) is 0 Å². The van der Waals surface area contributed by atoms with Crippen molar-refractivity contribution in [1.29, 1.82) is 0 Å². The van der Waals surface area contributed by atoms with E-state index in [9.17, 15) is 65.9 Å². The summed E-state index contributed by atoms with van der Waals surface area (Å²) in [5.41, 5.74) is -7.78. The zero-order valence-corrected chi connectivity index (χ0v) is 12.2. The van der Waals surface area contributed by atoms with E-state index in [0.29, 0.717) is 0 Å². The summed E-state index contributed by atoms with van der Waals surface area (Å²) in [6.45, 7) is 0. The Morgan fingerprint density at radius 1 is 0.458 bits per heavy atom. The third-order valence-electron chi connectivity index (χ3n) is 3.23. The van der Waals surface area contributed by atoms with E-state index in [2.05, 4.69) is 0 Å². The SMILES string of the molecule is FC(F)(F)C(F)(I)C1(F)C(F)(F)C(F)(F)C(F)(F)C(F)(F)C1(F)F. The van der Waals surface area contributed by atoms with Gasteiger partial charge in [-0.05, 0) is 22.6 Å². The number of rotatable bonds is 1. The highest BCUT2D eigenvalue weighted by atomic mass is 127. The first-order valence-corrected chi connectivity index (χ1v) is 6.10. The zero-order valence-electron chi connectivity index (χ0n) is 10.0. The summed E-state index contributed by atoms with van der Waals surface area (Å²) in [7, 11) is 0. The first kappa shape index (κ1) is 21.7. The van der Waals surface area contributed by atoms with Crippen molar-refractivity contribution in [3.63, 3.8) is 0 Å². The molecular weight excluding hydrogens is 508 g/mol. The van der Waals surface area contributed by atoms with Crippen LogP contribution < -0.4 is 0 Å². The first-order chi connectivity index (χ1) is 10.0. The molecule has 1 rings (SSSR count). The van der Waals surface area contributed by atoms with Gasteiger partial charge in [0.05, 0.1) is 0 Å². The Labute approximate surface area is 134 Å². The van der Waals surface area contributed by atoms with Crippen LogP contribution in [0.25, 0.3) is 0 Å². The van der Waals surface area contributed by atoms with Crippen LogP contribution in [0.2, 0.25) is 0 Å². The normalized spacial score (nSPS) is 32.0. The fourth-order valence-corrected chi connectivity index (χ4v) is 2.49. The Bertz CT molecular complexity index is 498. The van der Waals surface area contributed by atoms with Crippen LogP contribution in [0.15, 0.2) is 0 Å². The first-order valence-electron chi connectivity index (χ1n) is 5.02. The summed E-state index contributed by atoms with van der Waals surface area (Å²) >= 11 is -1.22. The van der Waals surface area contributed by atoms with Gasteiger partial charge in [0.1, 0.15) is 0 Å². The van der Waals surface area contributed by atoms with Crippen LogP contribution in [0, 0.1) is 0 Å². The van der Waals surface area contributed by atoms with Crippen LogP contribution in [-0.4, -0.2) is 45.1 Å². The lowest BCUT2D eigenvalue weighted by atomic mass is 9.70. The van der Waals surface area contributed by atoms with Gasteiger partial charge in [-0.25, -0.2) is 8.78 Å². The molecule has 1 aliphatic rings. The Morgan fingerprint density at radius 3 is 0.875 bits per heavy atom. The van der Waals surface area contributed by atoms with Crippen LogP contribution in [0.5, 0.6) is 0 Å². The molecule has 1 saturated carbocycles. The van der Waals surface area contributed by atoms with Crippen LogP contribution in [0.1, 0.15) is 0 Å². The molecule has 144 valence electrons. The summed E-state index contributed by atoms with van der Waals surface area (Å²) in [5, 5.41) is 0. The Kier molecular flexibility index (Phi) is 4.24. The maximum atomic E-state index is 13.8. The summed E-state index contributed by atoms with van der Waals surface area (Å²) < 4.78 is 187. The summed E-state index contributed by atoms with van der Waals surface area (Å²) in [6, 6.07) is 0. The molecule has 24 heavy (non-hydrogen) atoms. The van der Waals surface area contributed by atoms with Crippen molar-refractivity contribution in [2.45, 2.75) is 45.1 Å². The number of hydrogen-bond donors (Lipinski definition) is 0. The molecule has 0 aliphatic heterocycles. The van der Waals surface area contributed by atoms with E-state index in [0.717, 1.165) is 0 Å². The molecule has 1 aliphatic carbocycles. The monoisotopic (exact) mass is 508 g/mol. The van der Waals surface area contributed by atoms with Gasteiger partial charge in [0.25, 0.3) is 0 Å². The van der Waals surface area contributed by atoms with Crippen LogP contribution in [0.4, 0.5) is 65.9 Å². The van der Waals surface area contributed by atoms with Crippen molar-refractivity contribution in [2.24, 2.45) is 0 Å². The minimum atomic E-state index is -7.89. The van der Waals surface area contributed by atoms with Crippen LogP contribution >= 0.6 is 22.6 Å². The Hall–Kier alpha value is -0.320. The Balaban J connectivity index is 4.04. The Morgan fingerprint density at radius 2 is 0.667 bits per heavy atom. The van der Waals surface area contributed by atoms with Crippen molar-refractivity contribution >= 4 is 22.6 Å². The quantitative estimate of drug-likeness (QED) is 0.248. The minimum Gasteiger partial charge on any atom is -0.225 e. The van der Waals surface area contributed by atoms with Crippen molar-refractivity contribution in [3.8, 4) is 0 Å². The van der Waals surface area contributed by atoms with Gasteiger partial charge in [0, 0.05) is 0 Å². The maximum Gasteiger partial charge on any atom is 0.435 e. The molecule has 0 N–H and O–H groups in total. The van der Waals surface area contributed by atoms with Crippen LogP contribution in [-0.2, 0) is 0 Å². The number of alkyl halides is 16. The molecule has 0 bridgehead atoms. The van der Waals surface area contributed by atoms with E-state index in [1.165, 1.54) is 0 Å². The van der Waals surface area contributed by atoms with E-state index in [-0.39, 0.29) is 0 Å². The van der Waals surface area contributed by atoms with Gasteiger partial charge in [-0.1, -0.05) is 0 Å². The average molecular weight is 508 g/mol. The van der Waals surface area contributed by atoms with Gasteiger partial charge in [0.15, 0.2) is 0 Å². The molecule has 1 fully saturated rings. The molecule has 0 aromatic carbocycles. The minimum absolute atomic E-state index is 1.22. The fourth-order valence-electron chi connectivity index (χ4n) is 1.81. The lowest BCUT2D eigenvalue weighted by molar-refractivity contribution is -0.499. The second-order valence-electron chi connectivity index (χ2n) is 4.60. The van der Waals surface area contributed by atoms with Gasteiger partial charge in [-0.2, -0.15) is 57.1 Å². The zero-order chi connectivity index (χ0) is 20.0. The summed E-state index contributed by atoms with van der Waals surface area (Å²) in [6.07, 6.45) is -7.19. The van der Waals surface area contributed by atoms with Gasteiger partial charge in [0.2, 0.25) is 0 Å². The molecule has 1 atom stereocenters. The molecular formula is C8F15I. The standard InChI is InChI=1S/C8F15I/c9-1(7(20,24)8(21,22)23)2(10,11)4(14,15)6(18,19)5(16,17)3(1,12)13. The molecule has 0 spiro atoms. The lowest BCUT2D eigenvalue weighted by Gasteiger charge is -2.54. The maximum absolute atomic E-state index is 13.8. The second-order valence-corrected chi connectivity index (χ2v) is 6.09. The molecule has 0 heterocycles. The molecule has 0 saturated heterocycles. The van der Waals surface area contributed by atoms with E-state index in [1.807, 2.05) is 0 Å². The predicted molar refractivity (Wildman–Crippen MR) is 52.5 cm³/mol. The third kappa shape index (κ3) is 1.80. The average Bonchev–Trinajstić information content (AvgIpc) is 2.33. The van der Waals surface area contributed by atoms with E-state index < -0.39 is 67.7 Å². The van der Waals surface area contributed by atoms with Gasteiger partial charge >= 0.3 is 45.1 Å². The van der Waals surface area contributed by atoms with E-state index in [4.69, 9.17) is 0 Å². The van der Waals surface area contributed by atoms with E-state index >= 15 is 0 Å². The second kappa shape index (κ2) is 4.69. The summed E-state index contributed by atoms with van der Waals surface area (Å²) in [5.74, 6) is -39.1. The molecule has 16 heteroatoms. The molecule has 0 aromatic rings. The topological polar surface area (TPSA) is 0 Å². The predicted octanol–water partition coefficient (Wildman–Crippen LogP) is 5.55. The molecule has 0 aromatic heterocycles. The van der Waals surface area contributed by atoms with Crippen molar-refractivity contribution in [2.75, 3.05) is 0 Å². The highest BCUT2D eigenvalue weighted by Crippen LogP contribution is 2.74. The largest absolute Gasteiger partial charge is 0.435 e. The highest BCUT2D eigenvalue weighted by Gasteiger charge is 3.06. The van der Waals surface area contributed by atoms with Gasteiger partial charge in [-0.15, -0.1) is 0 Å². The van der Waals surface area contributed by atoms with Gasteiger partial charge < -0.3 is 0 Å². The number of hydrogen-bond acceptors (Lipinski definition) is 0. The number of halogens is 16. The van der Waals surface area contributed by atoms with Crippen LogP contribution in [0.3, 0.4) is 0 Å². The third-order valence-corrected chi connectivity index (χ3v) is 4.59. The van der Waals surface area contributed by atoms with Crippen molar-refractivity contribution < 1.29 is 65.9 Å². The lowest BCUT2D eigenvalue weighted by Crippen LogP contribution is -2.88. The van der Waals surface area contributed by atoms with E-state index in [1.54, 1.807) is 0 Å². The highest BCUT2D eigenvalue weighted by molar-refractivity contribution is 14.1. The molecule has 0 nitrogen and oxygen atoms in total. The van der Waals surface area contributed by atoms with Crippen molar-refractivity contribution in [3.05, 3.63) is 0 Å². The van der Waals surface area contributed by atoms with Gasteiger partial charge in [-0.3, -0.25) is 0 Å². The summed E-state index contributed by atoms with van der Waals surface area (Å²) in [4.78, 5) is 0. The molecule has 0 amide bonds. The molecule has 1 unspecified atom stereocenters.